The Morgan fingerprint density at radius 1 is 0.957 bits per heavy atom. The molecule has 0 bridgehead atoms. The van der Waals surface area contributed by atoms with Gasteiger partial charge in [0.2, 0.25) is 0 Å². The van der Waals surface area contributed by atoms with Crippen LogP contribution < -0.4 is 5.32 Å². The van der Waals surface area contributed by atoms with Crippen molar-refractivity contribution in [3.05, 3.63) is 34.4 Å². The van der Waals surface area contributed by atoms with Gasteiger partial charge in [-0.05, 0) is 57.3 Å². The summed E-state index contributed by atoms with van der Waals surface area (Å²) in [6.45, 7) is 5.21. The Hall–Kier alpha value is -2.31. The Balaban J connectivity index is 1.26. The maximum absolute atomic E-state index is 13.3. The number of amides is 1. The summed E-state index contributed by atoms with van der Waals surface area (Å²) in [5.74, 6) is -0.618. The SMILES string of the molecule is CCCCCCCCCCO[C@@H]1[C@H]2OC3(CCCCC3)O[C@H]2O[C@@H]1[C@@H](CN1CCCCCC1)OC(=O)Nc1ccc([N+](=O)[O-])cc1. The minimum atomic E-state index is -0.637. The highest BCUT2D eigenvalue weighted by Crippen LogP contribution is 2.46. The first-order valence-corrected chi connectivity index (χ1v) is 18.0. The lowest BCUT2D eigenvalue weighted by molar-refractivity contribution is -0.384. The van der Waals surface area contributed by atoms with E-state index in [2.05, 4.69) is 17.1 Å². The molecule has 1 saturated carbocycles. The summed E-state index contributed by atoms with van der Waals surface area (Å²) in [5.41, 5.74) is 0.373. The van der Waals surface area contributed by atoms with E-state index in [1.54, 1.807) is 0 Å². The number of nitro groups is 1. The zero-order chi connectivity index (χ0) is 32.2. The van der Waals surface area contributed by atoms with Crippen molar-refractivity contribution in [1.82, 2.24) is 4.90 Å². The van der Waals surface area contributed by atoms with Gasteiger partial charge in [0.15, 0.2) is 12.1 Å². The van der Waals surface area contributed by atoms with Crippen LogP contribution in [0.5, 0.6) is 0 Å². The van der Waals surface area contributed by atoms with Gasteiger partial charge in [0.1, 0.15) is 24.4 Å². The zero-order valence-corrected chi connectivity index (χ0v) is 27.7. The van der Waals surface area contributed by atoms with Crippen molar-refractivity contribution in [3.63, 3.8) is 0 Å². The molecule has 1 amide bonds. The number of benzene rings is 1. The fourth-order valence-electron chi connectivity index (χ4n) is 7.36. The molecule has 3 saturated heterocycles. The maximum atomic E-state index is 13.3. The van der Waals surface area contributed by atoms with Crippen LogP contribution in [0.4, 0.5) is 16.2 Å². The van der Waals surface area contributed by atoms with E-state index in [0.29, 0.717) is 18.8 Å². The molecule has 3 heterocycles. The Morgan fingerprint density at radius 3 is 2.28 bits per heavy atom. The summed E-state index contributed by atoms with van der Waals surface area (Å²) < 4.78 is 32.6. The Morgan fingerprint density at radius 2 is 1.61 bits per heavy atom. The molecule has 5 atom stereocenters. The first-order valence-electron chi connectivity index (χ1n) is 18.0. The van der Waals surface area contributed by atoms with E-state index in [0.717, 1.165) is 64.5 Å². The smallest absolute Gasteiger partial charge is 0.412 e. The highest BCUT2D eigenvalue weighted by molar-refractivity contribution is 5.84. The Bertz CT molecular complexity index is 1070. The normalized spacial score (nSPS) is 26.8. The third kappa shape index (κ3) is 9.86. The quantitative estimate of drug-likeness (QED) is 0.109. The number of nitro benzene ring substituents is 1. The van der Waals surface area contributed by atoms with Crippen LogP contribution in [0, 0.1) is 10.1 Å². The fraction of sp³-hybridized carbons (Fsp3) is 0.800. The van der Waals surface area contributed by atoms with Crippen LogP contribution in [-0.2, 0) is 23.7 Å². The van der Waals surface area contributed by atoms with Crippen LogP contribution in [0.2, 0.25) is 0 Å². The number of carbonyl (C=O) groups excluding carboxylic acids is 1. The molecule has 1 spiro atoms. The molecule has 4 fully saturated rings. The number of hydrogen-bond donors (Lipinski definition) is 1. The van der Waals surface area contributed by atoms with Crippen molar-refractivity contribution < 1.29 is 33.4 Å². The van der Waals surface area contributed by atoms with Crippen LogP contribution in [0.3, 0.4) is 0 Å². The minimum absolute atomic E-state index is 0.0453. The summed E-state index contributed by atoms with van der Waals surface area (Å²) in [7, 11) is 0. The maximum Gasteiger partial charge on any atom is 0.412 e. The molecule has 1 N–H and O–H groups in total. The molecule has 258 valence electrons. The summed E-state index contributed by atoms with van der Waals surface area (Å²) in [6.07, 6.45) is 16.1. The second kappa shape index (κ2) is 17.7. The standard InChI is InChI=1S/C35H55N3O8/c1-2-3-4-5-6-7-10-16-25-42-31-30(44-33-32(31)45-35(46-33)21-12-11-13-22-35)29(26-37-23-14-8-9-15-24-37)43-34(39)36-27-17-19-28(20-18-27)38(40)41/h17-20,29-33H,2-16,21-26H2,1H3,(H,36,39)/t29-,30-,31+,32-,33-/m1/s1. The van der Waals surface area contributed by atoms with Gasteiger partial charge in [0.05, 0.1) is 4.92 Å². The molecule has 0 unspecified atom stereocenters. The lowest BCUT2D eigenvalue weighted by atomic mass is 9.94. The Labute approximate surface area is 274 Å². The number of fused-ring (bicyclic) bond motifs is 1. The molecule has 1 aromatic carbocycles. The van der Waals surface area contributed by atoms with Gasteiger partial charge in [0.25, 0.3) is 5.69 Å². The molecule has 11 nitrogen and oxygen atoms in total. The predicted molar refractivity (Wildman–Crippen MR) is 175 cm³/mol. The minimum Gasteiger partial charge on any atom is -0.442 e. The van der Waals surface area contributed by atoms with E-state index < -0.39 is 41.4 Å². The molecule has 0 radical (unpaired) electrons. The predicted octanol–water partition coefficient (Wildman–Crippen LogP) is 7.71. The summed E-state index contributed by atoms with van der Waals surface area (Å²) in [6, 6.07) is 5.72. The number of non-ortho nitro benzene ring substituents is 1. The molecule has 0 aromatic heterocycles. The number of anilines is 1. The number of unbranched alkanes of at least 4 members (excludes halogenated alkanes) is 7. The van der Waals surface area contributed by atoms with Gasteiger partial charge >= 0.3 is 6.09 Å². The van der Waals surface area contributed by atoms with Gasteiger partial charge < -0.3 is 23.7 Å². The molecular weight excluding hydrogens is 590 g/mol. The van der Waals surface area contributed by atoms with E-state index in [9.17, 15) is 14.9 Å². The number of nitrogens with one attached hydrogen (secondary N) is 1. The van der Waals surface area contributed by atoms with Gasteiger partial charge in [-0.15, -0.1) is 0 Å². The number of nitrogens with zero attached hydrogens (tertiary/aromatic N) is 2. The summed E-state index contributed by atoms with van der Waals surface area (Å²) in [4.78, 5) is 26.2. The third-order valence-electron chi connectivity index (χ3n) is 9.90. The van der Waals surface area contributed by atoms with E-state index in [4.69, 9.17) is 23.7 Å². The summed E-state index contributed by atoms with van der Waals surface area (Å²) >= 11 is 0. The highest BCUT2D eigenvalue weighted by Gasteiger charge is 2.60. The van der Waals surface area contributed by atoms with Crippen molar-refractivity contribution >= 4 is 17.5 Å². The van der Waals surface area contributed by atoms with Gasteiger partial charge in [0, 0.05) is 43.8 Å². The average Bonchev–Trinajstić information content (AvgIpc) is 3.41. The van der Waals surface area contributed by atoms with Gasteiger partial charge in [-0.3, -0.25) is 20.3 Å². The van der Waals surface area contributed by atoms with Crippen molar-refractivity contribution in [2.24, 2.45) is 0 Å². The van der Waals surface area contributed by atoms with Crippen molar-refractivity contribution in [2.45, 2.75) is 153 Å². The third-order valence-corrected chi connectivity index (χ3v) is 9.90. The summed E-state index contributed by atoms with van der Waals surface area (Å²) in [5, 5.41) is 13.8. The number of likely N-dealkylation sites (tertiary alicyclic amines) is 1. The molecule has 5 rings (SSSR count). The largest absolute Gasteiger partial charge is 0.442 e. The molecule has 1 aromatic rings. The number of carbonyl (C=O) groups is 1. The van der Waals surface area contributed by atoms with Crippen LogP contribution in [0.1, 0.15) is 116 Å². The lowest BCUT2D eigenvalue weighted by Crippen LogP contribution is -2.50. The van der Waals surface area contributed by atoms with Crippen molar-refractivity contribution in [1.29, 1.82) is 0 Å². The van der Waals surface area contributed by atoms with E-state index in [-0.39, 0.29) is 11.8 Å². The van der Waals surface area contributed by atoms with Crippen LogP contribution in [0.25, 0.3) is 0 Å². The monoisotopic (exact) mass is 645 g/mol. The van der Waals surface area contributed by atoms with Crippen LogP contribution in [0.15, 0.2) is 24.3 Å². The van der Waals surface area contributed by atoms with Gasteiger partial charge in [-0.25, -0.2) is 4.79 Å². The first kappa shape index (κ1) is 35.0. The molecule has 11 heteroatoms. The highest BCUT2D eigenvalue weighted by atomic mass is 16.8. The van der Waals surface area contributed by atoms with E-state index >= 15 is 0 Å². The molecule has 3 aliphatic heterocycles. The van der Waals surface area contributed by atoms with E-state index in [1.807, 2.05) is 0 Å². The van der Waals surface area contributed by atoms with Crippen molar-refractivity contribution in [2.75, 3.05) is 31.6 Å². The number of hydrogen-bond acceptors (Lipinski definition) is 9. The van der Waals surface area contributed by atoms with Gasteiger partial charge in [-0.2, -0.15) is 0 Å². The molecule has 1 aliphatic carbocycles. The fourth-order valence-corrected chi connectivity index (χ4v) is 7.36. The van der Waals surface area contributed by atoms with Crippen molar-refractivity contribution in [3.8, 4) is 0 Å². The van der Waals surface area contributed by atoms with Gasteiger partial charge in [-0.1, -0.05) is 71.1 Å². The second-order valence-corrected chi connectivity index (χ2v) is 13.5. The zero-order valence-electron chi connectivity index (χ0n) is 27.7. The van der Waals surface area contributed by atoms with Crippen LogP contribution in [-0.4, -0.2) is 78.7 Å². The number of ether oxygens (including phenoxy) is 5. The average molecular weight is 646 g/mol. The van der Waals surface area contributed by atoms with E-state index in [1.165, 1.54) is 82.1 Å². The molecular formula is C35H55N3O8. The second-order valence-electron chi connectivity index (χ2n) is 13.5. The number of rotatable bonds is 16. The molecule has 46 heavy (non-hydrogen) atoms. The topological polar surface area (TPSA) is 122 Å². The lowest BCUT2D eigenvalue weighted by Gasteiger charge is -2.36. The molecule has 4 aliphatic rings. The van der Waals surface area contributed by atoms with Crippen LogP contribution >= 0.6 is 0 Å². The first-order chi connectivity index (χ1) is 22.5. The Kier molecular flexibility index (Phi) is 13.5.